The molecule has 0 bridgehead atoms. The number of aryl methyl sites for hydroxylation is 1. The molecule has 24 heavy (non-hydrogen) atoms. The first-order chi connectivity index (χ1) is 11.2. The number of halogens is 3. The van der Waals surface area contributed by atoms with Crippen LogP contribution in [0.3, 0.4) is 0 Å². The summed E-state index contributed by atoms with van der Waals surface area (Å²) in [6.45, 7) is 1.90. The average Bonchev–Trinajstić information content (AvgIpc) is 2.54. The number of pyridine rings is 1. The smallest absolute Gasteiger partial charge is 0.322 e. The van der Waals surface area contributed by atoms with Crippen LogP contribution >= 0.6 is 0 Å². The fraction of sp³-hybridized carbons (Fsp3) is 0.200. The van der Waals surface area contributed by atoms with Crippen molar-refractivity contribution < 1.29 is 26.4 Å². The standard InChI is InChI=1S/C15H13F3N2O3S/c1-2-10-5-3-6-11(9-10)20-13(21)12-7-4-8-19-14(12)24(22,23)15(16,17)18/h3-9H,2H2,1H3,(H,20,21). The molecule has 0 spiro atoms. The van der Waals surface area contributed by atoms with Crippen LogP contribution in [0.4, 0.5) is 18.9 Å². The summed E-state index contributed by atoms with van der Waals surface area (Å²) in [6, 6.07) is 8.85. The molecule has 0 aliphatic carbocycles. The van der Waals surface area contributed by atoms with Gasteiger partial charge in [-0.3, -0.25) is 4.79 Å². The molecule has 1 heterocycles. The molecule has 0 aliphatic heterocycles. The number of hydrogen-bond donors (Lipinski definition) is 1. The SMILES string of the molecule is CCc1cccc(NC(=O)c2cccnc2S(=O)(=O)C(F)(F)F)c1. The minimum atomic E-state index is -5.73. The summed E-state index contributed by atoms with van der Waals surface area (Å²) in [5.41, 5.74) is -4.96. The number of anilines is 1. The highest BCUT2D eigenvalue weighted by atomic mass is 32.2. The van der Waals surface area contributed by atoms with Gasteiger partial charge in [-0.05, 0) is 36.2 Å². The molecule has 9 heteroatoms. The lowest BCUT2D eigenvalue weighted by Crippen LogP contribution is -2.27. The maximum Gasteiger partial charge on any atom is 0.503 e. The van der Waals surface area contributed by atoms with E-state index in [0.717, 1.165) is 17.8 Å². The first kappa shape index (κ1) is 17.9. The first-order valence-electron chi connectivity index (χ1n) is 6.83. The molecule has 0 radical (unpaired) electrons. The number of nitrogens with one attached hydrogen (secondary N) is 1. The zero-order valence-corrected chi connectivity index (χ0v) is 13.3. The van der Waals surface area contributed by atoms with Crippen LogP contribution in [0.2, 0.25) is 0 Å². The van der Waals surface area contributed by atoms with Crippen molar-refractivity contribution in [2.24, 2.45) is 0 Å². The van der Waals surface area contributed by atoms with Gasteiger partial charge in [0.1, 0.15) is 0 Å². The minimum Gasteiger partial charge on any atom is -0.322 e. The number of carbonyl (C=O) groups excluding carboxylic acids is 1. The first-order valence-corrected chi connectivity index (χ1v) is 8.31. The normalized spacial score (nSPS) is 12.0. The van der Waals surface area contributed by atoms with E-state index in [1.54, 1.807) is 18.2 Å². The number of aromatic nitrogens is 1. The number of carbonyl (C=O) groups is 1. The lowest BCUT2D eigenvalue weighted by atomic mass is 10.1. The highest BCUT2D eigenvalue weighted by molar-refractivity contribution is 7.92. The third-order valence-corrected chi connectivity index (χ3v) is 4.61. The predicted octanol–water partition coefficient (Wildman–Crippen LogP) is 3.19. The molecule has 0 unspecified atom stereocenters. The highest BCUT2D eigenvalue weighted by Gasteiger charge is 2.49. The molecule has 0 aliphatic rings. The van der Waals surface area contributed by atoms with E-state index in [0.29, 0.717) is 12.1 Å². The van der Waals surface area contributed by atoms with Gasteiger partial charge < -0.3 is 5.32 Å². The van der Waals surface area contributed by atoms with Crippen LogP contribution in [0.15, 0.2) is 47.6 Å². The number of benzene rings is 1. The Labute approximate surface area is 136 Å². The lowest BCUT2D eigenvalue weighted by Gasteiger charge is -2.12. The van der Waals surface area contributed by atoms with Crippen molar-refractivity contribution in [1.29, 1.82) is 0 Å². The van der Waals surface area contributed by atoms with Crippen LogP contribution in [0.1, 0.15) is 22.8 Å². The molecule has 1 aromatic carbocycles. The van der Waals surface area contributed by atoms with E-state index in [1.165, 1.54) is 6.07 Å². The van der Waals surface area contributed by atoms with Gasteiger partial charge in [-0.25, -0.2) is 13.4 Å². The number of nitrogens with zero attached hydrogens (tertiary/aromatic N) is 1. The fourth-order valence-electron chi connectivity index (χ4n) is 1.95. The van der Waals surface area contributed by atoms with Crippen molar-refractivity contribution in [3.05, 3.63) is 53.7 Å². The van der Waals surface area contributed by atoms with Crippen molar-refractivity contribution in [3.8, 4) is 0 Å². The molecule has 5 nitrogen and oxygen atoms in total. The molecule has 2 rings (SSSR count). The van der Waals surface area contributed by atoms with Crippen LogP contribution in [0, 0.1) is 0 Å². The number of rotatable bonds is 4. The van der Waals surface area contributed by atoms with E-state index < -0.39 is 31.8 Å². The molecule has 0 saturated heterocycles. The van der Waals surface area contributed by atoms with Crippen molar-refractivity contribution in [2.75, 3.05) is 5.32 Å². The number of hydrogen-bond acceptors (Lipinski definition) is 4. The molecule has 2 aromatic rings. The van der Waals surface area contributed by atoms with Gasteiger partial charge >= 0.3 is 5.51 Å². The molecule has 1 aromatic heterocycles. The Bertz CT molecular complexity index is 864. The van der Waals surface area contributed by atoms with Crippen molar-refractivity contribution >= 4 is 21.4 Å². The number of sulfone groups is 1. The van der Waals surface area contributed by atoms with Crippen molar-refractivity contribution in [3.63, 3.8) is 0 Å². The van der Waals surface area contributed by atoms with Gasteiger partial charge in [0.25, 0.3) is 15.7 Å². The Balaban J connectivity index is 2.41. The van der Waals surface area contributed by atoms with E-state index >= 15 is 0 Å². The number of amides is 1. The molecule has 128 valence electrons. The fourth-order valence-corrected chi connectivity index (χ4v) is 2.82. The third-order valence-electron chi connectivity index (χ3n) is 3.17. The van der Waals surface area contributed by atoms with Gasteiger partial charge in [0.05, 0.1) is 5.56 Å². The summed E-state index contributed by atoms with van der Waals surface area (Å²) in [5, 5.41) is 1.07. The Morgan fingerprint density at radius 1 is 1.21 bits per heavy atom. The summed E-state index contributed by atoms with van der Waals surface area (Å²) in [4.78, 5) is 15.5. The maximum atomic E-state index is 12.7. The summed E-state index contributed by atoms with van der Waals surface area (Å²) in [5.74, 6) is -0.987. The second-order valence-electron chi connectivity index (χ2n) is 4.81. The lowest BCUT2D eigenvalue weighted by molar-refractivity contribution is -0.0438. The number of alkyl halides is 3. The van der Waals surface area contributed by atoms with E-state index in [-0.39, 0.29) is 0 Å². The topological polar surface area (TPSA) is 76.1 Å². The zero-order valence-electron chi connectivity index (χ0n) is 12.5. The van der Waals surface area contributed by atoms with Crippen LogP contribution in [-0.2, 0) is 16.3 Å². The Morgan fingerprint density at radius 3 is 2.54 bits per heavy atom. The Hall–Kier alpha value is -2.42. The minimum absolute atomic E-state index is 0.346. The summed E-state index contributed by atoms with van der Waals surface area (Å²) in [7, 11) is -5.73. The summed E-state index contributed by atoms with van der Waals surface area (Å²) >= 11 is 0. The van der Waals surface area contributed by atoms with Gasteiger partial charge in [-0.2, -0.15) is 13.2 Å². The van der Waals surface area contributed by atoms with Crippen LogP contribution < -0.4 is 5.32 Å². The predicted molar refractivity (Wildman–Crippen MR) is 81.3 cm³/mol. The van der Waals surface area contributed by atoms with Gasteiger partial charge in [-0.15, -0.1) is 0 Å². The monoisotopic (exact) mass is 358 g/mol. The van der Waals surface area contributed by atoms with Gasteiger partial charge in [0, 0.05) is 11.9 Å². The maximum absolute atomic E-state index is 12.7. The highest BCUT2D eigenvalue weighted by Crippen LogP contribution is 2.31. The van der Waals surface area contributed by atoms with Gasteiger partial charge in [-0.1, -0.05) is 19.1 Å². The van der Waals surface area contributed by atoms with Crippen molar-refractivity contribution in [1.82, 2.24) is 4.98 Å². The second-order valence-corrected chi connectivity index (χ2v) is 6.67. The molecule has 0 fully saturated rings. The third kappa shape index (κ3) is 3.56. The molecule has 1 amide bonds. The Kier molecular flexibility index (Phi) is 4.93. The largest absolute Gasteiger partial charge is 0.503 e. The quantitative estimate of drug-likeness (QED) is 0.911. The zero-order chi connectivity index (χ0) is 18.0. The van der Waals surface area contributed by atoms with Gasteiger partial charge in [0.2, 0.25) is 0 Å². The molecular formula is C15H13F3N2O3S. The molecule has 1 N–H and O–H groups in total. The van der Waals surface area contributed by atoms with Crippen LogP contribution in [0.5, 0.6) is 0 Å². The van der Waals surface area contributed by atoms with Crippen LogP contribution in [0.25, 0.3) is 0 Å². The van der Waals surface area contributed by atoms with E-state index in [9.17, 15) is 26.4 Å². The van der Waals surface area contributed by atoms with E-state index in [2.05, 4.69) is 10.3 Å². The summed E-state index contributed by atoms with van der Waals surface area (Å²) in [6.07, 6.45) is 1.58. The molecular weight excluding hydrogens is 345 g/mol. The van der Waals surface area contributed by atoms with Crippen LogP contribution in [-0.4, -0.2) is 24.8 Å². The molecule has 0 atom stereocenters. The van der Waals surface area contributed by atoms with E-state index in [1.807, 2.05) is 13.0 Å². The summed E-state index contributed by atoms with van der Waals surface area (Å²) < 4.78 is 61.3. The van der Waals surface area contributed by atoms with E-state index in [4.69, 9.17) is 0 Å². The van der Waals surface area contributed by atoms with Crippen molar-refractivity contribution in [2.45, 2.75) is 23.9 Å². The Morgan fingerprint density at radius 2 is 1.92 bits per heavy atom. The second kappa shape index (κ2) is 6.60. The molecule has 0 saturated carbocycles. The van der Waals surface area contributed by atoms with Gasteiger partial charge in [0.15, 0.2) is 5.03 Å². The average molecular weight is 358 g/mol.